The number of aryl methyl sites for hydroxylation is 1. The minimum atomic E-state index is -0.431. The van der Waals surface area contributed by atoms with Crippen LogP contribution in [0.25, 0.3) is 10.2 Å². The van der Waals surface area contributed by atoms with Crippen LogP contribution in [-0.4, -0.2) is 15.1 Å². The van der Waals surface area contributed by atoms with Crippen LogP contribution in [0.1, 0.15) is 45.2 Å². The molecule has 0 aliphatic heterocycles. The molecule has 0 spiro atoms. The van der Waals surface area contributed by atoms with Gasteiger partial charge in [-0.15, -0.1) is 27.8 Å². The van der Waals surface area contributed by atoms with E-state index in [1.54, 1.807) is 23.5 Å². The highest BCUT2D eigenvalue weighted by molar-refractivity contribution is 7.18. The van der Waals surface area contributed by atoms with E-state index in [0.717, 1.165) is 30.4 Å². The Morgan fingerprint density at radius 2 is 2.00 bits per heavy atom. The van der Waals surface area contributed by atoms with Crippen LogP contribution in [-0.2, 0) is 13.0 Å². The Kier molecular flexibility index (Phi) is 6.26. The summed E-state index contributed by atoms with van der Waals surface area (Å²) in [5.41, 5.74) is 1.76. The Hall–Kier alpha value is -2.55. The second-order valence-electron chi connectivity index (χ2n) is 6.98. The van der Waals surface area contributed by atoms with Gasteiger partial charge in [0.15, 0.2) is 5.82 Å². The van der Waals surface area contributed by atoms with E-state index in [4.69, 9.17) is 0 Å². The number of aliphatic hydroxyl groups is 1. The number of aromatic nitrogens is 2. The maximum atomic E-state index is 14.0. The summed E-state index contributed by atoms with van der Waals surface area (Å²) in [5, 5.41) is 19.5. The minimum Gasteiger partial charge on any atom is -0.388 e. The van der Waals surface area contributed by atoms with Crippen molar-refractivity contribution in [3.63, 3.8) is 0 Å². The molecule has 0 saturated carbocycles. The first-order valence-corrected chi connectivity index (χ1v) is 11.3. The van der Waals surface area contributed by atoms with E-state index in [0.29, 0.717) is 30.8 Å². The van der Waals surface area contributed by atoms with Crippen molar-refractivity contribution in [2.24, 2.45) is 10.2 Å². The molecule has 0 radical (unpaired) electrons. The molecule has 3 heterocycles. The summed E-state index contributed by atoms with van der Waals surface area (Å²) in [6.07, 6.45) is 2.24. The van der Waals surface area contributed by atoms with E-state index < -0.39 is 6.10 Å². The molecule has 154 valence electrons. The van der Waals surface area contributed by atoms with Gasteiger partial charge in [-0.2, -0.15) is 5.11 Å². The smallest absolute Gasteiger partial charge is 0.185 e. The highest BCUT2D eigenvalue weighted by Crippen LogP contribution is 2.33. The fourth-order valence-electron chi connectivity index (χ4n) is 3.12. The second-order valence-corrected chi connectivity index (χ2v) is 9.26. The number of thiophene rings is 2. The number of fused-ring (bicyclic) bond motifs is 1. The third-order valence-corrected chi connectivity index (χ3v) is 7.18. The molecule has 4 rings (SSSR count). The first-order valence-electron chi connectivity index (χ1n) is 9.66. The quantitative estimate of drug-likeness (QED) is 0.333. The maximum absolute atomic E-state index is 14.0. The predicted molar refractivity (Wildman–Crippen MR) is 119 cm³/mol. The van der Waals surface area contributed by atoms with Crippen LogP contribution in [0.3, 0.4) is 0 Å². The van der Waals surface area contributed by atoms with Crippen LogP contribution < -0.4 is 0 Å². The van der Waals surface area contributed by atoms with Crippen molar-refractivity contribution in [1.82, 2.24) is 9.97 Å². The van der Waals surface area contributed by atoms with Gasteiger partial charge >= 0.3 is 0 Å². The van der Waals surface area contributed by atoms with Crippen molar-refractivity contribution in [2.45, 2.75) is 39.3 Å². The molecule has 5 nitrogen and oxygen atoms in total. The molecule has 0 saturated heterocycles. The van der Waals surface area contributed by atoms with Gasteiger partial charge in [0.05, 0.1) is 18.0 Å². The monoisotopic (exact) mass is 440 g/mol. The van der Waals surface area contributed by atoms with Crippen molar-refractivity contribution in [2.75, 3.05) is 0 Å². The number of nitrogens with zero attached hydrogens (tertiary/aromatic N) is 4. The molecule has 8 heteroatoms. The van der Waals surface area contributed by atoms with E-state index in [1.807, 2.05) is 32.0 Å². The number of hydrogen-bond acceptors (Lipinski definition) is 7. The van der Waals surface area contributed by atoms with Crippen LogP contribution in [0.4, 0.5) is 10.2 Å². The third-order valence-electron chi connectivity index (χ3n) is 4.82. The summed E-state index contributed by atoms with van der Waals surface area (Å²) in [7, 11) is 0. The molecule has 0 aliphatic carbocycles. The van der Waals surface area contributed by atoms with Gasteiger partial charge < -0.3 is 5.11 Å². The molecule has 1 unspecified atom stereocenters. The Balaban J connectivity index is 1.54. The molecular formula is C22H21FN4OS2. The highest BCUT2D eigenvalue weighted by Gasteiger charge is 2.13. The van der Waals surface area contributed by atoms with Gasteiger partial charge in [0.2, 0.25) is 0 Å². The normalized spacial score (nSPS) is 12.8. The van der Waals surface area contributed by atoms with Gasteiger partial charge in [-0.1, -0.05) is 25.1 Å². The molecule has 30 heavy (non-hydrogen) atoms. The highest BCUT2D eigenvalue weighted by atomic mass is 32.1. The third kappa shape index (κ3) is 4.45. The average Bonchev–Trinajstić information content (AvgIpc) is 3.33. The summed E-state index contributed by atoms with van der Waals surface area (Å²) in [4.78, 5) is 12.4. The number of azo groups is 1. The Morgan fingerprint density at radius 3 is 2.80 bits per heavy atom. The molecule has 1 aromatic carbocycles. The van der Waals surface area contributed by atoms with E-state index in [2.05, 4.69) is 20.2 Å². The van der Waals surface area contributed by atoms with Crippen molar-refractivity contribution in [3.8, 4) is 0 Å². The number of benzene rings is 1. The van der Waals surface area contributed by atoms with Crippen LogP contribution >= 0.6 is 22.7 Å². The molecule has 0 fully saturated rings. The lowest BCUT2D eigenvalue weighted by Crippen LogP contribution is -1.89. The molecule has 1 N–H and O–H groups in total. The molecule has 0 bridgehead atoms. The number of rotatable bonds is 7. The van der Waals surface area contributed by atoms with Crippen molar-refractivity contribution < 1.29 is 9.50 Å². The van der Waals surface area contributed by atoms with Crippen molar-refractivity contribution in [3.05, 3.63) is 74.3 Å². The SMILES string of the molecule is CCC(O)c1cc(C)c(CN=Nc2ncnc3sc(Cc4ccccc4F)cc23)s1. The minimum absolute atomic E-state index is 0.208. The van der Waals surface area contributed by atoms with Gasteiger partial charge in [0, 0.05) is 21.1 Å². The zero-order valence-corrected chi connectivity index (χ0v) is 18.3. The van der Waals surface area contributed by atoms with Gasteiger partial charge in [-0.3, -0.25) is 0 Å². The van der Waals surface area contributed by atoms with Crippen LogP contribution in [0, 0.1) is 12.7 Å². The number of aliphatic hydroxyl groups excluding tert-OH is 1. The molecule has 0 amide bonds. The zero-order chi connectivity index (χ0) is 21.1. The molecule has 1 atom stereocenters. The topological polar surface area (TPSA) is 70.7 Å². The molecular weight excluding hydrogens is 419 g/mol. The summed E-state index contributed by atoms with van der Waals surface area (Å²) >= 11 is 3.08. The van der Waals surface area contributed by atoms with Gasteiger partial charge in [-0.25, -0.2) is 14.4 Å². The fourth-order valence-corrected chi connectivity index (χ4v) is 5.30. The summed E-state index contributed by atoms with van der Waals surface area (Å²) in [6.45, 7) is 4.41. The fraction of sp³-hybridized carbons (Fsp3) is 0.273. The van der Waals surface area contributed by atoms with Gasteiger partial charge in [0.1, 0.15) is 17.0 Å². The Bertz CT molecular complexity index is 1200. The lowest BCUT2D eigenvalue weighted by atomic mass is 10.1. The largest absolute Gasteiger partial charge is 0.388 e. The van der Waals surface area contributed by atoms with Crippen molar-refractivity contribution >= 4 is 38.7 Å². The van der Waals surface area contributed by atoms with E-state index in [9.17, 15) is 9.50 Å². The first-order chi connectivity index (χ1) is 14.5. The standard InChI is InChI=1S/C22H21FN4OS2/c1-3-18(28)19-8-13(2)20(30-19)11-26-27-21-16-10-15(29-22(16)25-12-24-21)9-14-6-4-5-7-17(14)23/h4-8,10,12,18,28H,3,9,11H2,1-2H3. The van der Waals surface area contributed by atoms with Crippen LogP contribution in [0.15, 0.2) is 53.0 Å². The molecule has 4 aromatic rings. The number of halogens is 1. The Labute approximate surface area is 182 Å². The summed E-state index contributed by atoms with van der Waals surface area (Å²) < 4.78 is 14.0. The first kappa shape index (κ1) is 20.7. The maximum Gasteiger partial charge on any atom is 0.185 e. The molecule has 0 aliphatic rings. The predicted octanol–water partition coefficient (Wildman–Crippen LogP) is 6.52. The van der Waals surface area contributed by atoms with Crippen molar-refractivity contribution in [1.29, 1.82) is 0 Å². The second kappa shape index (κ2) is 9.07. The Morgan fingerprint density at radius 1 is 1.17 bits per heavy atom. The van der Waals surface area contributed by atoms with Gasteiger partial charge in [-0.05, 0) is 42.7 Å². The lowest BCUT2D eigenvalue weighted by molar-refractivity contribution is 0.177. The lowest BCUT2D eigenvalue weighted by Gasteiger charge is -2.02. The van der Waals surface area contributed by atoms with E-state index >= 15 is 0 Å². The average molecular weight is 441 g/mol. The van der Waals surface area contributed by atoms with E-state index in [1.165, 1.54) is 23.7 Å². The van der Waals surface area contributed by atoms with Crippen LogP contribution in [0.2, 0.25) is 0 Å². The van der Waals surface area contributed by atoms with E-state index in [-0.39, 0.29) is 5.82 Å². The van der Waals surface area contributed by atoms with Gasteiger partial charge in [0.25, 0.3) is 0 Å². The number of hydrogen-bond donors (Lipinski definition) is 1. The summed E-state index contributed by atoms with van der Waals surface area (Å²) in [5.74, 6) is 0.305. The van der Waals surface area contributed by atoms with Crippen LogP contribution in [0.5, 0.6) is 0 Å². The molecule has 3 aromatic heterocycles. The summed E-state index contributed by atoms with van der Waals surface area (Å²) in [6, 6.07) is 10.8. The zero-order valence-electron chi connectivity index (χ0n) is 16.7.